The molecule has 3 aromatic rings. The predicted octanol–water partition coefficient (Wildman–Crippen LogP) is 4.70. The van der Waals surface area contributed by atoms with Gasteiger partial charge in [0.25, 0.3) is 0 Å². The van der Waals surface area contributed by atoms with E-state index >= 15 is 0 Å². The number of alkyl halides is 2. The summed E-state index contributed by atoms with van der Waals surface area (Å²) >= 11 is 0. The van der Waals surface area contributed by atoms with Gasteiger partial charge in [0.1, 0.15) is 18.2 Å². The number of hydrogen-bond donors (Lipinski definition) is 0. The third kappa shape index (κ3) is 4.53. The van der Waals surface area contributed by atoms with Crippen LogP contribution in [0, 0.1) is 5.92 Å². The summed E-state index contributed by atoms with van der Waals surface area (Å²) in [6.07, 6.45) is 2.52. The maximum Gasteiger partial charge on any atom is 0.387 e. The van der Waals surface area contributed by atoms with Crippen molar-refractivity contribution in [2.75, 3.05) is 11.9 Å². The fourth-order valence-electron chi connectivity index (χ4n) is 3.20. The largest absolute Gasteiger partial charge is 0.485 e. The summed E-state index contributed by atoms with van der Waals surface area (Å²) in [5.41, 5.74) is 2.22. The second kappa shape index (κ2) is 9.11. The molecule has 0 N–H and O–H groups in total. The highest BCUT2D eigenvalue weighted by atomic mass is 19.3. The number of nitrogens with zero attached hydrogens (tertiary/aromatic N) is 3. The number of aromatic nitrogens is 2. The second-order valence-electron chi connectivity index (χ2n) is 7.16. The lowest BCUT2D eigenvalue weighted by molar-refractivity contribution is -0.121. The van der Waals surface area contributed by atoms with E-state index in [1.54, 1.807) is 24.1 Å². The van der Waals surface area contributed by atoms with Crippen LogP contribution in [-0.4, -0.2) is 29.0 Å². The monoisotopic (exact) mass is 417 g/mol. The Kier molecular flexibility index (Phi) is 6.54. The molecule has 0 aliphatic carbocycles. The van der Waals surface area contributed by atoms with Crippen molar-refractivity contribution in [2.24, 2.45) is 5.92 Å². The Balaban J connectivity index is 1.86. The number of rotatable bonds is 8. The van der Waals surface area contributed by atoms with E-state index in [-0.39, 0.29) is 24.2 Å². The first kappa shape index (κ1) is 21.5. The Morgan fingerprint density at radius 1 is 1.20 bits per heavy atom. The molecule has 1 aromatic carbocycles. The van der Waals surface area contributed by atoms with Gasteiger partial charge in [0.2, 0.25) is 5.91 Å². The number of hydrogen-bond acceptors (Lipinski definition) is 4. The van der Waals surface area contributed by atoms with E-state index in [0.29, 0.717) is 17.8 Å². The van der Waals surface area contributed by atoms with Crippen molar-refractivity contribution in [1.82, 2.24) is 9.38 Å². The fourth-order valence-corrected chi connectivity index (χ4v) is 3.20. The van der Waals surface area contributed by atoms with Crippen LogP contribution in [0.3, 0.4) is 0 Å². The lowest BCUT2D eigenvalue weighted by Crippen LogP contribution is -2.31. The molecule has 2 aromatic heterocycles. The molecular weight excluding hydrogens is 392 g/mol. The van der Waals surface area contributed by atoms with Gasteiger partial charge in [-0.15, -0.1) is 0 Å². The molecule has 0 fully saturated rings. The molecule has 0 saturated heterocycles. The van der Waals surface area contributed by atoms with Crippen molar-refractivity contribution < 1.29 is 23.0 Å². The number of halogens is 2. The van der Waals surface area contributed by atoms with E-state index < -0.39 is 6.61 Å². The van der Waals surface area contributed by atoms with Crippen molar-refractivity contribution in [3.05, 3.63) is 53.9 Å². The summed E-state index contributed by atoms with van der Waals surface area (Å²) in [7, 11) is 1.75. The van der Waals surface area contributed by atoms with Crippen LogP contribution in [0.2, 0.25) is 0 Å². The zero-order valence-electron chi connectivity index (χ0n) is 17.4. The van der Waals surface area contributed by atoms with Crippen molar-refractivity contribution in [1.29, 1.82) is 0 Å². The number of aryl methyl sites for hydroxylation is 1. The third-order valence-electron chi connectivity index (χ3n) is 4.68. The first-order chi connectivity index (χ1) is 14.3. The van der Waals surface area contributed by atoms with Crippen molar-refractivity contribution in [3.63, 3.8) is 0 Å². The molecule has 8 heteroatoms. The smallest absolute Gasteiger partial charge is 0.387 e. The third-order valence-corrected chi connectivity index (χ3v) is 4.68. The standard InChI is InChI=1S/C22H25F2N3O3/c1-5-17-20(26(4)21(28)14(2)3)27-12-6-7-18(19(27)25-17)29-13-15-8-10-16(11-9-15)30-22(23)24/h6-12,14,22H,5,13H2,1-4H3. The van der Waals surface area contributed by atoms with Gasteiger partial charge in [-0.05, 0) is 36.2 Å². The van der Waals surface area contributed by atoms with E-state index in [4.69, 9.17) is 9.72 Å². The Labute approximate surface area is 174 Å². The van der Waals surface area contributed by atoms with Crippen LogP contribution in [0.4, 0.5) is 14.6 Å². The van der Waals surface area contributed by atoms with Crippen LogP contribution in [-0.2, 0) is 17.8 Å². The van der Waals surface area contributed by atoms with Crippen molar-refractivity contribution in [3.8, 4) is 11.5 Å². The first-order valence-corrected chi connectivity index (χ1v) is 9.75. The van der Waals surface area contributed by atoms with E-state index in [1.165, 1.54) is 12.1 Å². The molecule has 30 heavy (non-hydrogen) atoms. The Morgan fingerprint density at radius 2 is 1.90 bits per heavy atom. The van der Waals surface area contributed by atoms with Gasteiger partial charge in [-0.2, -0.15) is 8.78 Å². The van der Waals surface area contributed by atoms with Gasteiger partial charge in [0.05, 0.1) is 5.69 Å². The normalized spacial score (nSPS) is 11.3. The molecule has 2 heterocycles. The highest BCUT2D eigenvalue weighted by Gasteiger charge is 2.23. The number of carbonyl (C=O) groups is 1. The predicted molar refractivity (Wildman–Crippen MR) is 110 cm³/mol. The molecule has 6 nitrogen and oxygen atoms in total. The maximum atomic E-state index is 12.5. The van der Waals surface area contributed by atoms with E-state index in [9.17, 15) is 13.6 Å². The Morgan fingerprint density at radius 3 is 2.50 bits per heavy atom. The Bertz CT molecular complexity index is 1020. The number of benzene rings is 1. The summed E-state index contributed by atoms with van der Waals surface area (Å²) in [4.78, 5) is 18.9. The zero-order chi connectivity index (χ0) is 21.8. The number of anilines is 1. The molecule has 0 saturated carbocycles. The van der Waals surface area contributed by atoms with Gasteiger partial charge in [-0.1, -0.05) is 32.9 Å². The van der Waals surface area contributed by atoms with E-state index in [2.05, 4.69) is 4.74 Å². The minimum absolute atomic E-state index is 0.00364. The molecule has 0 aliphatic rings. The molecule has 3 rings (SSSR count). The molecule has 0 unspecified atom stereocenters. The minimum atomic E-state index is -2.85. The summed E-state index contributed by atoms with van der Waals surface area (Å²) in [5, 5.41) is 0. The van der Waals surface area contributed by atoms with Gasteiger partial charge in [-0.3, -0.25) is 14.1 Å². The molecule has 160 valence electrons. The molecule has 0 aliphatic heterocycles. The topological polar surface area (TPSA) is 56.1 Å². The van der Waals surface area contributed by atoms with Crippen LogP contribution >= 0.6 is 0 Å². The number of amides is 1. The van der Waals surface area contributed by atoms with Crippen LogP contribution in [0.15, 0.2) is 42.6 Å². The second-order valence-corrected chi connectivity index (χ2v) is 7.16. The van der Waals surface area contributed by atoms with Gasteiger partial charge in [-0.25, -0.2) is 4.98 Å². The van der Waals surface area contributed by atoms with Crippen LogP contribution < -0.4 is 14.4 Å². The first-order valence-electron chi connectivity index (χ1n) is 9.75. The summed E-state index contributed by atoms with van der Waals surface area (Å²) < 4.78 is 36.7. The SMILES string of the molecule is CCc1nc2c(OCc3ccc(OC(F)F)cc3)cccn2c1N(C)C(=O)C(C)C. The Hall–Kier alpha value is -3.16. The van der Waals surface area contributed by atoms with Gasteiger partial charge in [0.15, 0.2) is 11.4 Å². The molecule has 0 atom stereocenters. The molecule has 0 bridgehead atoms. The van der Waals surface area contributed by atoms with Crippen molar-refractivity contribution in [2.45, 2.75) is 40.4 Å². The van der Waals surface area contributed by atoms with Gasteiger partial charge >= 0.3 is 6.61 Å². The number of imidazole rings is 1. The van der Waals surface area contributed by atoms with Gasteiger partial charge in [0, 0.05) is 19.2 Å². The highest BCUT2D eigenvalue weighted by molar-refractivity contribution is 5.94. The lowest BCUT2D eigenvalue weighted by Gasteiger charge is -2.20. The highest BCUT2D eigenvalue weighted by Crippen LogP contribution is 2.29. The summed E-state index contributed by atoms with van der Waals surface area (Å²) in [6, 6.07) is 9.93. The number of ether oxygens (including phenoxy) is 2. The van der Waals surface area contributed by atoms with Gasteiger partial charge < -0.3 is 9.47 Å². The molecular formula is C22H25F2N3O3. The van der Waals surface area contributed by atoms with Crippen LogP contribution in [0.25, 0.3) is 5.65 Å². The lowest BCUT2D eigenvalue weighted by atomic mass is 10.2. The summed E-state index contributed by atoms with van der Waals surface area (Å²) in [5.74, 6) is 1.26. The maximum absolute atomic E-state index is 12.5. The zero-order valence-corrected chi connectivity index (χ0v) is 17.4. The molecule has 1 amide bonds. The summed E-state index contributed by atoms with van der Waals surface area (Å²) in [6.45, 7) is 3.09. The average Bonchev–Trinajstić information content (AvgIpc) is 3.11. The van der Waals surface area contributed by atoms with E-state index in [1.807, 2.05) is 43.5 Å². The number of carbonyl (C=O) groups excluding carboxylic acids is 1. The van der Waals surface area contributed by atoms with Crippen LogP contribution in [0.5, 0.6) is 11.5 Å². The molecule has 0 spiro atoms. The quantitative estimate of drug-likeness (QED) is 0.533. The number of fused-ring (bicyclic) bond motifs is 1. The minimum Gasteiger partial charge on any atom is -0.485 e. The van der Waals surface area contributed by atoms with Crippen molar-refractivity contribution >= 4 is 17.4 Å². The fraction of sp³-hybridized carbons (Fsp3) is 0.364. The molecule has 0 radical (unpaired) electrons. The average molecular weight is 417 g/mol. The number of pyridine rings is 1. The van der Waals surface area contributed by atoms with Crippen LogP contribution in [0.1, 0.15) is 32.0 Å². The van der Waals surface area contributed by atoms with E-state index in [0.717, 1.165) is 17.1 Å².